The largest absolute Gasteiger partial charge is 0.398 e. The van der Waals surface area contributed by atoms with Gasteiger partial charge in [0.15, 0.2) is 0 Å². The van der Waals surface area contributed by atoms with Crippen LogP contribution < -0.4 is 11.1 Å². The van der Waals surface area contributed by atoms with Gasteiger partial charge in [-0.2, -0.15) is 0 Å². The quantitative estimate of drug-likeness (QED) is 0.298. The summed E-state index contributed by atoms with van der Waals surface area (Å²) in [6.07, 6.45) is 18.1. The van der Waals surface area contributed by atoms with Gasteiger partial charge in [-0.3, -0.25) is 0 Å². The van der Waals surface area contributed by atoms with Gasteiger partial charge in [-0.1, -0.05) is 76.6 Å². The minimum Gasteiger partial charge on any atom is -0.398 e. The fourth-order valence-electron chi connectivity index (χ4n) is 3.41. The van der Waals surface area contributed by atoms with E-state index in [2.05, 4.69) is 100 Å². The zero-order valence-electron chi connectivity index (χ0n) is 22.4. The summed E-state index contributed by atoms with van der Waals surface area (Å²) >= 11 is 0. The van der Waals surface area contributed by atoms with Gasteiger partial charge in [-0.25, -0.2) is 9.97 Å². The number of nitrogens with two attached hydrogens (primary N) is 1. The van der Waals surface area contributed by atoms with Gasteiger partial charge in [0.2, 0.25) is 5.95 Å². The van der Waals surface area contributed by atoms with Crippen LogP contribution in [0, 0.1) is 25.7 Å². The van der Waals surface area contributed by atoms with E-state index in [4.69, 9.17) is 10.7 Å². The number of nitrogens with one attached hydrogen (secondary N) is 1. The molecule has 0 saturated carbocycles. The third-order valence-electron chi connectivity index (χ3n) is 4.90. The third kappa shape index (κ3) is 10.5. The van der Waals surface area contributed by atoms with Gasteiger partial charge in [0.05, 0.1) is 5.69 Å². The van der Waals surface area contributed by atoms with Crippen molar-refractivity contribution in [1.82, 2.24) is 9.97 Å². The molecule has 184 valence electrons. The van der Waals surface area contributed by atoms with E-state index in [1.165, 1.54) is 11.1 Å². The van der Waals surface area contributed by atoms with Gasteiger partial charge in [-0.15, -0.1) is 12.8 Å². The Morgan fingerprint density at radius 2 is 1.71 bits per heavy atom. The molecule has 1 aromatic carbocycles. The average molecular weight is 461 g/mol. The van der Waals surface area contributed by atoms with Gasteiger partial charge < -0.3 is 11.1 Å². The molecule has 0 radical (unpaired) electrons. The second-order valence-electron chi connectivity index (χ2n) is 8.21. The lowest BCUT2D eigenvalue weighted by Crippen LogP contribution is -2.19. The van der Waals surface area contributed by atoms with Crippen LogP contribution in [0.15, 0.2) is 60.3 Å². The molecule has 0 saturated heterocycles. The number of aryl methyl sites for hydroxylation is 1. The normalized spacial score (nSPS) is 12.7. The maximum absolute atomic E-state index is 6.67. The molecular formula is C30H44N4. The van der Waals surface area contributed by atoms with Gasteiger partial charge in [0, 0.05) is 23.5 Å². The Balaban J connectivity index is 0.00000258. The number of benzene rings is 1. The van der Waals surface area contributed by atoms with Crippen LogP contribution >= 0.6 is 0 Å². The number of terminal acetylenes is 1. The van der Waals surface area contributed by atoms with E-state index in [-0.39, 0.29) is 0 Å². The van der Waals surface area contributed by atoms with Crippen molar-refractivity contribution >= 4 is 17.2 Å². The van der Waals surface area contributed by atoms with E-state index in [9.17, 15) is 0 Å². The molecule has 2 aromatic rings. The lowest BCUT2D eigenvalue weighted by atomic mass is 9.99. The van der Waals surface area contributed by atoms with E-state index in [1.54, 1.807) is 6.20 Å². The topological polar surface area (TPSA) is 63.8 Å². The van der Waals surface area contributed by atoms with Gasteiger partial charge in [0.25, 0.3) is 0 Å². The molecule has 34 heavy (non-hydrogen) atoms. The molecule has 0 spiro atoms. The molecule has 0 aliphatic rings. The van der Waals surface area contributed by atoms with Crippen LogP contribution in [0.3, 0.4) is 0 Å². The minimum atomic E-state index is 0.298. The number of hydrogen-bond donors (Lipinski definition) is 2. The molecule has 1 atom stereocenters. The van der Waals surface area contributed by atoms with Crippen molar-refractivity contribution in [2.24, 2.45) is 11.7 Å². The maximum Gasteiger partial charge on any atom is 0.223 e. The van der Waals surface area contributed by atoms with Crippen LogP contribution in [-0.2, 0) is 0 Å². The van der Waals surface area contributed by atoms with Crippen LogP contribution in [0.2, 0.25) is 0 Å². The number of allylic oxidation sites excluding steroid dienone is 5. The molecule has 2 rings (SSSR count). The minimum absolute atomic E-state index is 0.298. The van der Waals surface area contributed by atoms with Crippen molar-refractivity contribution in [3.8, 4) is 12.8 Å². The summed E-state index contributed by atoms with van der Waals surface area (Å²) in [6, 6.07) is 10.5. The summed E-state index contributed by atoms with van der Waals surface area (Å²) in [6.45, 7) is 16.8. The molecule has 0 aliphatic heterocycles. The van der Waals surface area contributed by atoms with Crippen molar-refractivity contribution in [2.75, 3.05) is 5.32 Å². The van der Waals surface area contributed by atoms with Crippen molar-refractivity contribution in [3.63, 3.8) is 0 Å². The van der Waals surface area contributed by atoms with E-state index < -0.39 is 0 Å². The first-order valence-corrected chi connectivity index (χ1v) is 12.2. The zero-order valence-corrected chi connectivity index (χ0v) is 22.4. The molecule has 0 bridgehead atoms. The molecule has 3 N–H and O–H groups in total. The highest BCUT2D eigenvalue weighted by atomic mass is 15.1. The summed E-state index contributed by atoms with van der Waals surface area (Å²) in [5.74, 6) is 1.24. The third-order valence-corrected chi connectivity index (χ3v) is 4.90. The number of hydrogen-bond acceptors (Lipinski definition) is 4. The first kappa shape index (κ1) is 30.7. The highest BCUT2D eigenvalue weighted by Crippen LogP contribution is 2.26. The Hall–Kier alpha value is -3.32. The number of nitrogens with zero attached hydrogens (tertiary/aromatic N) is 2. The Labute approximate surface area is 208 Å². The summed E-state index contributed by atoms with van der Waals surface area (Å²) < 4.78 is 0. The Morgan fingerprint density at radius 3 is 2.24 bits per heavy atom. The molecule has 0 fully saturated rings. The maximum atomic E-state index is 6.67. The number of rotatable bonds is 9. The molecule has 0 aliphatic carbocycles. The van der Waals surface area contributed by atoms with Gasteiger partial charge in [0.1, 0.15) is 0 Å². The van der Waals surface area contributed by atoms with Crippen LogP contribution in [0.4, 0.5) is 5.95 Å². The molecule has 1 unspecified atom stereocenters. The summed E-state index contributed by atoms with van der Waals surface area (Å²) in [7, 11) is 0. The Kier molecular flexibility index (Phi) is 15.5. The molecule has 1 aromatic heterocycles. The predicted octanol–water partition coefficient (Wildman–Crippen LogP) is 7.65. The Bertz CT molecular complexity index is 947. The molecule has 4 nitrogen and oxygen atoms in total. The van der Waals surface area contributed by atoms with Crippen LogP contribution in [-0.4, -0.2) is 16.0 Å². The standard InChI is InChI=1S/C26H36N4.C2H6.C2H2/c1-7-9-21(8-2)17-23(25(27)22-12-10-19(5)11-13-22)24-14-15-28-26(30-24)29-20(6)16-18(3)4;2*1-2/h7,9-15,17-18,20H,8,16,27H2,1-6H3,(H,28,29,30);1-2H3;1-2H/b9-7-,21-17-,25-23+;;. The monoisotopic (exact) mass is 460 g/mol. The van der Waals surface area contributed by atoms with Gasteiger partial charge in [-0.05, 0) is 62.8 Å². The summed E-state index contributed by atoms with van der Waals surface area (Å²) in [5.41, 5.74) is 12.5. The zero-order chi connectivity index (χ0) is 26.1. The fraction of sp³-hybridized carbons (Fsp3) is 0.400. The second-order valence-corrected chi connectivity index (χ2v) is 8.21. The molecular weight excluding hydrogens is 416 g/mol. The predicted molar refractivity (Wildman–Crippen MR) is 151 cm³/mol. The number of aromatic nitrogens is 2. The van der Waals surface area contributed by atoms with Crippen molar-refractivity contribution in [3.05, 3.63) is 77.2 Å². The van der Waals surface area contributed by atoms with Crippen LogP contribution in [0.1, 0.15) is 78.1 Å². The first-order chi connectivity index (χ1) is 16.3. The van der Waals surface area contributed by atoms with Crippen LogP contribution in [0.25, 0.3) is 11.3 Å². The molecule has 4 heteroatoms. The summed E-state index contributed by atoms with van der Waals surface area (Å²) in [4.78, 5) is 9.23. The van der Waals surface area contributed by atoms with E-state index >= 15 is 0 Å². The van der Waals surface area contributed by atoms with Crippen molar-refractivity contribution in [1.29, 1.82) is 0 Å². The molecule has 0 amide bonds. The number of anilines is 1. The fourth-order valence-corrected chi connectivity index (χ4v) is 3.41. The van der Waals surface area contributed by atoms with E-state index in [1.807, 2.05) is 26.8 Å². The van der Waals surface area contributed by atoms with Crippen molar-refractivity contribution in [2.45, 2.75) is 74.3 Å². The lowest BCUT2D eigenvalue weighted by Gasteiger charge is -2.17. The molecule has 1 heterocycles. The lowest BCUT2D eigenvalue weighted by molar-refractivity contribution is 0.537. The SMILES string of the molecule is C#C.CC.C\C=C/C(=C\C(=C(/N)c1ccc(C)cc1)c1ccnc(NC(C)CC(C)C)n1)CC. The summed E-state index contributed by atoms with van der Waals surface area (Å²) in [5, 5.41) is 3.43. The highest BCUT2D eigenvalue weighted by molar-refractivity contribution is 5.93. The Morgan fingerprint density at radius 1 is 1.09 bits per heavy atom. The van der Waals surface area contributed by atoms with Crippen molar-refractivity contribution < 1.29 is 0 Å². The van der Waals surface area contributed by atoms with E-state index in [0.717, 1.165) is 29.7 Å². The second kappa shape index (κ2) is 17.2. The smallest absolute Gasteiger partial charge is 0.223 e. The highest BCUT2D eigenvalue weighted by Gasteiger charge is 2.12. The first-order valence-electron chi connectivity index (χ1n) is 12.2. The van der Waals surface area contributed by atoms with Gasteiger partial charge >= 0.3 is 0 Å². The van der Waals surface area contributed by atoms with E-state index in [0.29, 0.717) is 23.6 Å². The van der Waals surface area contributed by atoms with Crippen LogP contribution in [0.5, 0.6) is 0 Å². The average Bonchev–Trinajstić information content (AvgIpc) is 2.84.